The smallest absolute Gasteiger partial charge is 0.241 e. The summed E-state index contributed by atoms with van der Waals surface area (Å²) >= 11 is 1.64. The van der Waals surface area contributed by atoms with Crippen molar-refractivity contribution < 1.29 is 4.74 Å². The van der Waals surface area contributed by atoms with Crippen molar-refractivity contribution in [2.45, 2.75) is 0 Å². The fourth-order valence-electron chi connectivity index (χ4n) is 1.66. The first-order valence-corrected chi connectivity index (χ1v) is 6.02. The predicted octanol–water partition coefficient (Wildman–Crippen LogP) is 2.03. The van der Waals surface area contributed by atoms with E-state index < -0.39 is 0 Å². The lowest BCUT2D eigenvalue weighted by Crippen LogP contribution is -2.29. The normalized spacial score (nSPS) is 14.4. The van der Waals surface area contributed by atoms with E-state index in [9.17, 15) is 0 Å². The first-order valence-electron chi connectivity index (χ1n) is 5.08. The number of thiophene rings is 1. The van der Waals surface area contributed by atoms with Crippen molar-refractivity contribution in [1.29, 1.82) is 0 Å². The number of likely N-dealkylation sites (N-methyl/N-ethyl adjacent to an activating group) is 1. The van der Waals surface area contributed by atoms with E-state index in [1.165, 1.54) is 0 Å². The lowest BCUT2D eigenvalue weighted by molar-refractivity contribution is 0.298. The van der Waals surface area contributed by atoms with E-state index in [2.05, 4.69) is 14.9 Å². The molecule has 0 N–H and O–H groups in total. The zero-order valence-electron chi connectivity index (χ0n) is 8.88. The molecule has 0 saturated heterocycles. The van der Waals surface area contributed by atoms with Gasteiger partial charge in [0.25, 0.3) is 0 Å². The van der Waals surface area contributed by atoms with Gasteiger partial charge in [-0.1, -0.05) is 0 Å². The minimum Gasteiger partial charge on any atom is -0.474 e. The quantitative estimate of drug-likeness (QED) is 0.755. The molecule has 3 rings (SSSR count). The van der Waals surface area contributed by atoms with Crippen LogP contribution >= 0.6 is 11.3 Å². The summed E-state index contributed by atoms with van der Waals surface area (Å²) in [6.45, 7) is 1.57. The Kier molecular flexibility index (Phi) is 2.25. The molecule has 0 radical (unpaired) electrons. The summed E-state index contributed by atoms with van der Waals surface area (Å²) in [7, 11) is 2.02. The Bertz CT molecular complexity index is 498. The van der Waals surface area contributed by atoms with Crippen molar-refractivity contribution in [2.75, 3.05) is 25.1 Å². The van der Waals surface area contributed by atoms with Crippen LogP contribution in [0.2, 0.25) is 0 Å². The van der Waals surface area contributed by atoms with Crippen LogP contribution in [0.25, 0.3) is 11.4 Å². The molecule has 5 heteroatoms. The van der Waals surface area contributed by atoms with Crippen LogP contribution in [0.4, 0.5) is 5.69 Å². The molecule has 0 bridgehead atoms. The molecule has 4 nitrogen and oxygen atoms in total. The fraction of sp³-hybridized carbons (Fsp3) is 0.273. The molecular formula is C11H11N3OS. The van der Waals surface area contributed by atoms with Gasteiger partial charge in [0, 0.05) is 18.0 Å². The molecular weight excluding hydrogens is 222 g/mol. The molecule has 2 aromatic heterocycles. The van der Waals surface area contributed by atoms with Gasteiger partial charge in [-0.25, -0.2) is 4.98 Å². The lowest BCUT2D eigenvalue weighted by Gasteiger charge is -2.26. The second-order valence-corrected chi connectivity index (χ2v) is 4.45. The van der Waals surface area contributed by atoms with Crippen molar-refractivity contribution in [3.8, 4) is 17.3 Å². The van der Waals surface area contributed by atoms with Crippen molar-refractivity contribution in [2.24, 2.45) is 0 Å². The molecule has 2 aromatic rings. The van der Waals surface area contributed by atoms with E-state index in [0.717, 1.165) is 23.6 Å². The summed E-state index contributed by atoms with van der Waals surface area (Å²) in [6.07, 6.45) is 1.83. The molecule has 16 heavy (non-hydrogen) atoms. The summed E-state index contributed by atoms with van der Waals surface area (Å²) < 4.78 is 5.54. The Hall–Kier alpha value is -1.62. The molecule has 0 amide bonds. The molecule has 0 aromatic carbocycles. The summed E-state index contributed by atoms with van der Waals surface area (Å²) in [5.74, 6) is 1.42. The third-order valence-electron chi connectivity index (χ3n) is 2.59. The van der Waals surface area contributed by atoms with Crippen molar-refractivity contribution in [1.82, 2.24) is 9.97 Å². The van der Waals surface area contributed by atoms with Gasteiger partial charge < -0.3 is 9.64 Å². The lowest BCUT2D eigenvalue weighted by atomic mass is 10.3. The SMILES string of the molecule is CN1CCOc2nc(-c3ccsc3)ncc21. The minimum atomic E-state index is 0.684. The topological polar surface area (TPSA) is 38.2 Å². The van der Waals surface area contributed by atoms with Crippen molar-refractivity contribution >= 4 is 17.0 Å². The maximum atomic E-state index is 5.54. The maximum absolute atomic E-state index is 5.54. The van der Waals surface area contributed by atoms with Crippen LogP contribution in [-0.2, 0) is 0 Å². The highest BCUT2D eigenvalue weighted by Gasteiger charge is 2.17. The van der Waals surface area contributed by atoms with Crippen molar-refractivity contribution in [3.63, 3.8) is 0 Å². The third kappa shape index (κ3) is 1.53. The first-order chi connectivity index (χ1) is 7.84. The number of fused-ring (bicyclic) bond motifs is 1. The van der Waals surface area contributed by atoms with Crippen LogP contribution in [0, 0.1) is 0 Å². The molecule has 0 fully saturated rings. The van der Waals surface area contributed by atoms with Gasteiger partial charge in [-0.05, 0) is 11.4 Å². The van der Waals surface area contributed by atoms with E-state index in [1.807, 2.05) is 30.1 Å². The molecule has 1 aliphatic heterocycles. The Morgan fingerprint density at radius 3 is 3.25 bits per heavy atom. The number of ether oxygens (including phenoxy) is 1. The highest BCUT2D eigenvalue weighted by atomic mass is 32.1. The zero-order chi connectivity index (χ0) is 11.0. The number of hydrogen-bond donors (Lipinski definition) is 0. The molecule has 82 valence electrons. The Labute approximate surface area is 97.5 Å². The van der Waals surface area contributed by atoms with E-state index in [-0.39, 0.29) is 0 Å². The molecule has 0 aliphatic carbocycles. The van der Waals surface area contributed by atoms with Gasteiger partial charge in [-0.3, -0.25) is 0 Å². The second-order valence-electron chi connectivity index (χ2n) is 3.67. The van der Waals surface area contributed by atoms with Gasteiger partial charge in [-0.2, -0.15) is 16.3 Å². The largest absolute Gasteiger partial charge is 0.474 e. The Morgan fingerprint density at radius 1 is 1.50 bits per heavy atom. The molecule has 0 spiro atoms. The Balaban J connectivity index is 2.05. The first kappa shape index (κ1) is 9.59. The van der Waals surface area contributed by atoms with Crippen LogP contribution in [0.5, 0.6) is 5.88 Å². The van der Waals surface area contributed by atoms with E-state index in [4.69, 9.17) is 4.74 Å². The van der Waals surface area contributed by atoms with Crippen LogP contribution < -0.4 is 9.64 Å². The average molecular weight is 233 g/mol. The average Bonchev–Trinajstić information content (AvgIpc) is 2.82. The summed E-state index contributed by atoms with van der Waals surface area (Å²) in [5, 5.41) is 4.05. The molecule has 0 unspecified atom stereocenters. The van der Waals surface area contributed by atoms with Crippen LogP contribution in [0.15, 0.2) is 23.0 Å². The minimum absolute atomic E-state index is 0.684. The molecule has 3 heterocycles. The molecule has 1 aliphatic rings. The standard InChI is InChI=1S/C11H11N3OS/c1-14-3-4-15-11-9(14)6-12-10(13-11)8-2-5-16-7-8/h2,5-7H,3-4H2,1H3. The third-order valence-corrected chi connectivity index (χ3v) is 3.28. The summed E-state index contributed by atoms with van der Waals surface area (Å²) in [6, 6.07) is 2.01. The van der Waals surface area contributed by atoms with Crippen molar-refractivity contribution in [3.05, 3.63) is 23.0 Å². The van der Waals surface area contributed by atoms with E-state index in [0.29, 0.717) is 12.5 Å². The van der Waals surface area contributed by atoms with Crippen LogP contribution in [0.3, 0.4) is 0 Å². The second kappa shape index (κ2) is 3.75. The zero-order valence-corrected chi connectivity index (χ0v) is 9.70. The molecule has 0 saturated carbocycles. The van der Waals surface area contributed by atoms with Crippen LogP contribution in [-0.4, -0.2) is 30.2 Å². The monoisotopic (exact) mass is 233 g/mol. The number of hydrogen-bond acceptors (Lipinski definition) is 5. The van der Waals surface area contributed by atoms with Gasteiger partial charge in [0.05, 0.1) is 12.7 Å². The highest BCUT2D eigenvalue weighted by Crippen LogP contribution is 2.30. The van der Waals surface area contributed by atoms with E-state index >= 15 is 0 Å². The number of aromatic nitrogens is 2. The maximum Gasteiger partial charge on any atom is 0.241 e. The fourth-order valence-corrected chi connectivity index (χ4v) is 2.29. The summed E-state index contributed by atoms with van der Waals surface area (Å²) in [5.41, 5.74) is 2.01. The van der Waals surface area contributed by atoms with Gasteiger partial charge in [-0.15, -0.1) is 0 Å². The Morgan fingerprint density at radius 2 is 2.44 bits per heavy atom. The number of nitrogens with zero attached hydrogens (tertiary/aromatic N) is 3. The predicted molar refractivity (Wildman–Crippen MR) is 64.1 cm³/mol. The van der Waals surface area contributed by atoms with Gasteiger partial charge in [0.1, 0.15) is 12.3 Å². The molecule has 0 atom stereocenters. The van der Waals surface area contributed by atoms with Gasteiger partial charge in [0.15, 0.2) is 5.82 Å². The highest BCUT2D eigenvalue weighted by molar-refractivity contribution is 7.08. The van der Waals surface area contributed by atoms with Gasteiger partial charge >= 0.3 is 0 Å². The number of anilines is 1. The van der Waals surface area contributed by atoms with Gasteiger partial charge in [0.2, 0.25) is 5.88 Å². The van der Waals surface area contributed by atoms with E-state index in [1.54, 1.807) is 11.3 Å². The summed E-state index contributed by atoms with van der Waals surface area (Å²) in [4.78, 5) is 10.9. The number of rotatable bonds is 1. The van der Waals surface area contributed by atoms with Crippen LogP contribution in [0.1, 0.15) is 0 Å².